The SMILES string of the molecule is c1ccc(-c2nc(-c3ccc4sc5ccccc5c4c3)cc(-c3ccccc3-c3cc4ccc5cccc6c7cccc8ccc9cccc(c(c3)c4c56)c9c87)n2)cc1. The average Bonchev–Trinajstić information content (AvgIpc) is 3.68. The highest BCUT2D eigenvalue weighted by Crippen LogP contribution is 2.46. The van der Waals surface area contributed by atoms with Crippen molar-refractivity contribution in [1.82, 2.24) is 9.97 Å². The summed E-state index contributed by atoms with van der Waals surface area (Å²) in [6.07, 6.45) is 0. The van der Waals surface area contributed by atoms with Crippen molar-refractivity contribution in [3.05, 3.63) is 194 Å². The van der Waals surface area contributed by atoms with Crippen LogP contribution in [0.25, 0.3) is 130 Å². The van der Waals surface area contributed by atoms with E-state index >= 15 is 0 Å². The topological polar surface area (TPSA) is 25.8 Å². The summed E-state index contributed by atoms with van der Waals surface area (Å²) >= 11 is 1.84. The average molecular weight is 765 g/mol. The van der Waals surface area contributed by atoms with E-state index in [4.69, 9.17) is 9.97 Å². The predicted molar refractivity (Wildman–Crippen MR) is 253 cm³/mol. The van der Waals surface area contributed by atoms with Crippen LogP contribution in [0, 0.1) is 0 Å². The summed E-state index contributed by atoms with van der Waals surface area (Å²) in [5.41, 5.74) is 7.22. The van der Waals surface area contributed by atoms with Crippen LogP contribution >= 0.6 is 11.3 Å². The molecule has 0 fully saturated rings. The first-order chi connectivity index (χ1) is 29.2. The Morgan fingerprint density at radius 3 is 1.56 bits per heavy atom. The van der Waals surface area contributed by atoms with E-state index in [0.29, 0.717) is 5.82 Å². The Bertz CT molecular complexity index is 3840. The zero-order valence-electron chi connectivity index (χ0n) is 31.8. The van der Waals surface area contributed by atoms with Gasteiger partial charge in [0, 0.05) is 36.9 Å². The minimum atomic E-state index is 0.710. The van der Waals surface area contributed by atoms with Crippen molar-refractivity contribution < 1.29 is 0 Å². The van der Waals surface area contributed by atoms with Crippen molar-refractivity contribution in [3.63, 3.8) is 0 Å². The monoisotopic (exact) mass is 764 g/mol. The van der Waals surface area contributed by atoms with E-state index in [9.17, 15) is 0 Å². The molecule has 13 rings (SSSR count). The normalized spacial score (nSPS) is 12.1. The Kier molecular flexibility index (Phi) is 6.92. The van der Waals surface area contributed by atoms with E-state index in [1.54, 1.807) is 0 Å². The lowest BCUT2D eigenvalue weighted by Crippen LogP contribution is -1.97. The first-order valence-corrected chi connectivity index (χ1v) is 21.0. The third-order valence-electron chi connectivity index (χ3n) is 12.4. The van der Waals surface area contributed by atoms with Crippen molar-refractivity contribution in [2.45, 2.75) is 0 Å². The fourth-order valence-electron chi connectivity index (χ4n) is 9.73. The molecular weight excluding hydrogens is 733 g/mol. The van der Waals surface area contributed by atoms with Gasteiger partial charge in [0.05, 0.1) is 11.4 Å². The molecule has 2 heterocycles. The molecule has 0 bridgehead atoms. The number of aromatic nitrogens is 2. The molecule has 3 heteroatoms. The van der Waals surface area contributed by atoms with Crippen LogP contribution in [0.15, 0.2) is 194 Å². The van der Waals surface area contributed by atoms with Gasteiger partial charge in [-0.3, -0.25) is 0 Å². The number of thiophene rings is 1. The Morgan fingerprint density at radius 1 is 0.288 bits per heavy atom. The molecule has 0 aliphatic carbocycles. The van der Waals surface area contributed by atoms with Gasteiger partial charge in [0.2, 0.25) is 0 Å². The summed E-state index contributed by atoms with van der Waals surface area (Å²) in [5.74, 6) is 0.710. The van der Waals surface area contributed by atoms with Crippen LogP contribution in [0.2, 0.25) is 0 Å². The van der Waals surface area contributed by atoms with Crippen LogP contribution in [0.4, 0.5) is 0 Å². The summed E-state index contributed by atoms with van der Waals surface area (Å²) in [6, 6.07) is 71.1. The first kappa shape index (κ1) is 32.6. The molecule has 0 atom stereocenters. The molecule has 13 aromatic rings. The molecule has 0 aliphatic rings. The molecule has 11 aromatic carbocycles. The maximum Gasteiger partial charge on any atom is 0.160 e. The summed E-state index contributed by atoms with van der Waals surface area (Å²) < 4.78 is 2.57. The lowest BCUT2D eigenvalue weighted by atomic mass is 9.86. The Morgan fingerprint density at radius 2 is 0.831 bits per heavy atom. The number of nitrogens with zero attached hydrogens (tertiary/aromatic N) is 2. The molecule has 0 amide bonds. The van der Waals surface area contributed by atoms with Gasteiger partial charge in [-0.25, -0.2) is 9.97 Å². The number of rotatable bonds is 4. The summed E-state index contributed by atoms with van der Waals surface area (Å²) in [5, 5.41) is 17.8. The van der Waals surface area contributed by atoms with E-state index in [0.717, 1.165) is 39.2 Å². The van der Waals surface area contributed by atoms with Gasteiger partial charge < -0.3 is 0 Å². The van der Waals surface area contributed by atoms with E-state index in [2.05, 4.69) is 188 Å². The van der Waals surface area contributed by atoms with Crippen molar-refractivity contribution >= 4 is 96.1 Å². The van der Waals surface area contributed by atoms with E-state index in [-0.39, 0.29) is 0 Å². The molecule has 0 N–H and O–H groups in total. The van der Waals surface area contributed by atoms with Crippen LogP contribution in [-0.2, 0) is 0 Å². The first-order valence-electron chi connectivity index (χ1n) is 20.1. The fourth-order valence-corrected chi connectivity index (χ4v) is 10.8. The van der Waals surface area contributed by atoms with E-state index in [1.165, 1.54) is 84.8 Å². The smallest absolute Gasteiger partial charge is 0.160 e. The largest absolute Gasteiger partial charge is 0.228 e. The Hall–Kier alpha value is -7.46. The standard InChI is InChI=1S/C56H32N2S/c1-2-11-36(12-3-1)56-57-48(37-27-28-51-46(30-37)42-18-6-7-22-50(42)59-51)32-49(58-56)41-17-5-4-16-40(41)39-29-38-26-25-35-14-9-20-44-43-19-8-13-33-23-24-34-15-10-21-45(54(34)52(33)43)47(31-39)55(38)53(35)44/h1-32H. The number of hydrogen-bond donors (Lipinski definition) is 0. The lowest BCUT2D eigenvalue weighted by Gasteiger charge is -2.18. The zero-order valence-corrected chi connectivity index (χ0v) is 32.6. The zero-order chi connectivity index (χ0) is 38.6. The van der Waals surface area contributed by atoms with Gasteiger partial charge in [0.25, 0.3) is 0 Å². The predicted octanol–water partition coefficient (Wildman–Crippen LogP) is 15.9. The van der Waals surface area contributed by atoms with Crippen LogP contribution in [0.5, 0.6) is 0 Å². The third kappa shape index (κ3) is 4.92. The summed E-state index contributed by atoms with van der Waals surface area (Å²) in [7, 11) is 0. The molecule has 0 unspecified atom stereocenters. The van der Waals surface area contributed by atoms with Gasteiger partial charge >= 0.3 is 0 Å². The number of hydrogen-bond acceptors (Lipinski definition) is 3. The maximum absolute atomic E-state index is 5.34. The van der Waals surface area contributed by atoms with E-state index in [1.807, 2.05) is 17.4 Å². The minimum absolute atomic E-state index is 0.710. The highest BCUT2D eigenvalue weighted by molar-refractivity contribution is 7.25. The highest BCUT2D eigenvalue weighted by atomic mass is 32.1. The maximum atomic E-state index is 5.34. The van der Waals surface area contributed by atoms with Crippen molar-refractivity contribution in [3.8, 4) is 45.0 Å². The van der Waals surface area contributed by atoms with E-state index < -0.39 is 0 Å². The van der Waals surface area contributed by atoms with Crippen LogP contribution in [0.1, 0.15) is 0 Å². The van der Waals surface area contributed by atoms with Crippen molar-refractivity contribution in [2.75, 3.05) is 0 Å². The van der Waals surface area contributed by atoms with Crippen LogP contribution < -0.4 is 0 Å². The number of fused-ring (bicyclic) bond motifs is 5. The second-order valence-electron chi connectivity index (χ2n) is 15.6. The minimum Gasteiger partial charge on any atom is -0.228 e. The molecule has 2 aromatic heterocycles. The number of benzene rings is 10. The summed E-state index contributed by atoms with van der Waals surface area (Å²) in [4.78, 5) is 10.6. The molecule has 0 saturated heterocycles. The quantitative estimate of drug-likeness (QED) is 0.167. The van der Waals surface area contributed by atoms with Gasteiger partial charge in [0.15, 0.2) is 5.82 Å². The molecule has 272 valence electrons. The fraction of sp³-hybridized carbons (Fsp3) is 0. The summed E-state index contributed by atoms with van der Waals surface area (Å²) in [6.45, 7) is 0. The second kappa shape index (κ2) is 12.5. The molecule has 0 spiro atoms. The highest BCUT2D eigenvalue weighted by Gasteiger charge is 2.19. The molecule has 0 radical (unpaired) electrons. The van der Waals surface area contributed by atoms with Crippen LogP contribution in [0.3, 0.4) is 0 Å². The molecule has 2 nitrogen and oxygen atoms in total. The lowest BCUT2D eigenvalue weighted by molar-refractivity contribution is 1.18. The third-order valence-corrected chi connectivity index (χ3v) is 13.5. The van der Waals surface area contributed by atoms with Crippen molar-refractivity contribution in [2.24, 2.45) is 0 Å². The Labute approximate surface area is 343 Å². The molecular formula is C56H32N2S. The van der Waals surface area contributed by atoms with Crippen LogP contribution in [-0.4, -0.2) is 9.97 Å². The van der Waals surface area contributed by atoms with Gasteiger partial charge in [-0.1, -0.05) is 158 Å². The van der Waals surface area contributed by atoms with Gasteiger partial charge in [-0.05, 0) is 112 Å². The molecule has 0 aliphatic heterocycles. The molecule has 59 heavy (non-hydrogen) atoms. The van der Waals surface area contributed by atoms with Gasteiger partial charge in [-0.15, -0.1) is 11.3 Å². The van der Waals surface area contributed by atoms with Gasteiger partial charge in [-0.2, -0.15) is 0 Å². The molecule has 0 saturated carbocycles. The Balaban J connectivity index is 1.10. The van der Waals surface area contributed by atoms with Gasteiger partial charge in [0.1, 0.15) is 0 Å². The second-order valence-corrected chi connectivity index (χ2v) is 16.7. The van der Waals surface area contributed by atoms with Crippen molar-refractivity contribution in [1.29, 1.82) is 0 Å².